The fraction of sp³-hybridized carbons (Fsp3) is 0.133. The molecule has 0 spiro atoms. The zero-order chi connectivity index (χ0) is 15.4. The second-order valence-corrected chi connectivity index (χ2v) is 4.73. The standard InChI is InChI=1S/C15H13F2NO2S/c1-19-14-3-2-9(4-13(14)15(18)21)8-20-12-6-10(16)5-11(17)7-12/h2-7H,8H2,1H3,(H2,18,21). The van der Waals surface area contributed by atoms with Gasteiger partial charge in [0.15, 0.2) is 0 Å². The molecule has 0 saturated carbocycles. The predicted octanol–water partition coefficient (Wildman–Crippen LogP) is 3.19. The molecule has 0 aromatic heterocycles. The molecule has 0 amide bonds. The van der Waals surface area contributed by atoms with Gasteiger partial charge in [-0.1, -0.05) is 18.3 Å². The van der Waals surface area contributed by atoms with Crippen LogP contribution in [0.4, 0.5) is 8.78 Å². The highest BCUT2D eigenvalue weighted by molar-refractivity contribution is 7.80. The molecule has 0 aliphatic heterocycles. The molecule has 6 heteroatoms. The van der Waals surface area contributed by atoms with E-state index in [-0.39, 0.29) is 17.3 Å². The minimum atomic E-state index is -0.691. The number of rotatable bonds is 5. The van der Waals surface area contributed by atoms with Crippen molar-refractivity contribution in [1.82, 2.24) is 0 Å². The number of hydrogen-bond donors (Lipinski definition) is 1. The van der Waals surface area contributed by atoms with E-state index in [9.17, 15) is 8.78 Å². The van der Waals surface area contributed by atoms with E-state index in [0.717, 1.165) is 23.8 Å². The Morgan fingerprint density at radius 1 is 1.14 bits per heavy atom. The Balaban J connectivity index is 2.16. The van der Waals surface area contributed by atoms with Gasteiger partial charge >= 0.3 is 0 Å². The van der Waals surface area contributed by atoms with Gasteiger partial charge in [-0.25, -0.2) is 8.78 Å². The van der Waals surface area contributed by atoms with Crippen molar-refractivity contribution in [2.75, 3.05) is 7.11 Å². The van der Waals surface area contributed by atoms with Gasteiger partial charge in [0, 0.05) is 18.2 Å². The van der Waals surface area contributed by atoms with Gasteiger partial charge in [-0.2, -0.15) is 0 Å². The summed E-state index contributed by atoms with van der Waals surface area (Å²) in [6.45, 7) is 0.127. The molecule has 21 heavy (non-hydrogen) atoms. The molecule has 0 radical (unpaired) electrons. The SMILES string of the molecule is COc1ccc(COc2cc(F)cc(F)c2)cc1C(N)=S. The summed E-state index contributed by atoms with van der Waals surface area (Å²) in [7, 11) is 1.52. The van der Waals surface area contributed by atoms with Crippen molar-refractivity contribution in [1.29, 1.82) is 0 Å². The van der Waals surface area contributed by atoms with E-state index in [2.05, 4.69) is 0 Å². The Bertz CT molecular complexity index is 656. The number of hydrogen-bond acceptors (Lipinski definition) is 3. The molecule has 2 aromatic carbocycles. The number of benzene rings is 2. The van der Waals surface area contributed by atoms with Crippen LogP contribution in [0.15, 0.2) is 36.4 Å². The zero-order valence-electron chi connectivity index (χ0n) is 11.2. The molecule has 0 aliphatic carbocycles. The lowest BCUT2D eigenvalue weighted by atomic mass is 10.1. The van der Waals surface area contributed by atoms with E-state index in [1.165, 1.54) is 7.11 Å². The Hall–Kier alpha value is -2.21. The Morgan fingerprint density at radius 2 is 1.81 bits per heavy atom. The summed E-state index contributed by atoms with van der Waals surface area (Å²) in [6.07, 6.45) is 0. The number of ether oxygens (including phenoxy) is 2. The van der Waals surface area contributed by atoms with E-state index < -0.39 is 11.6 Å². The molecular weight excluding hydrogens is 296 g/mol. The second-order valence-electron chi connectivity index (χ2n) is 4.29. The molecular formula is C15H13F2NO2S. The lowest BCUT2D eigenvalue weighted by Gasteiger charge is -2.11. The number of nitrogens with two attached hydrogens (primary N) is 1. The summed E-state index contributed by atoms with van der Waals surface area (Å²) < 4.78 is 36.6. The van der Waals surface area contributed by atoms with Crippen LogP contribution >= 0.6 is 12.2 Å². The van der Waals surface area contributed by atoms with Gasteiger partial charge in [0.05, 0.1) is 12.7 Å². The molecule has 0 atom stereocenters. The summed E-state index contributed by atoms with van der Waals surface area (Å²) in [5.41, 5.74) is 6.95. The fourth-order valence-electron chi connectivity index (χ4n) is 1.82. The van der Waals surface area contributed by atoms with Gasteiger partial charge < -0.3 is 15.2 Å². The van der Waals surface area contributed by atoms with Crippen LogP contribution in [-0.2, 0) is 6.61 Å². The molecule has 0 aliphatic rings. The van der Waals surface area contributed by atoms with Gasteiger partial charge in [0.2, 0.25) is 0 Å². The lowest BCUT2D eigenvalue weighted by molar-refractivity contribution is 0.302. The molecule has 2 N–H and O–H groups in total. The molecule has 110 valence electrons. The first-order chi connectivity index (χ1) is 9.99. The highest BCUT2D eigenvalue weighted by Crippen LogP contribution is 2.22. The van der Waals surface area contributed by atoms with Crippen LogP contribution in [-0.4, -0.2) is 12.1 Å². The highest BCUT2D eigenvalue weighted by atomic mass is 32.1. The monoisotopic (exact) mass is 309 g/mol. The van der Waals surface area contributed by atoms with Crippen molar-refractivity contribution < 1.29 is 18.3 Å². The second kappa shape index (κ2) is 6.49. The predicted molar refractivity (Wildman–Crippen MR) is 79.6 cm³/mol. The Kier molecular flexibility index (Phi) is 4.70. The Morgan fingerprint density at radius 3 is 2.38 bits per heavy atom. The van der Waals surface area contributed by atoms with E-state index in [1.807, 2.05) is 0 Å². The first-order valence-corrected chi connectivity index (χ1v) is 6.46. The molecule has 0 unspecified atom stereocenters. The zero-order valence-corrected chi connectivity index (χ0v) is 12.0. The smallest absolute Gasteiger partial charge is 0.129 e. The van der Waals surface area contributed by atoms with Crippen molar-refractivity contribution in [3.8, 4) is 11.5 Å². The fourth-order valence-corrected chi connectivity index (χ4v) is 1.98. The third-order valence-corrected chi connectivity index (χ3v) is 2.99. The number of thiocarbonyl (C=S) groups is 1. The van der Waals surface area contributed by atoms with Crippen LogP contribution in [0.25, 0.3) is 0 Å². The van der Waals surface area contributed by atoms with Gasteiger partial charge in [0.1, 0.15) is 34.7 Å². The van der Waals surface area contributed by atoms with Crippen LogP contribution in [0.5, 0.6) is 11.5 Å². The van der Waals surface area contributed by atoms with Crippen LogP contribution in [0.3, 0.4) is 0 Å². The molecule has 2 rings (SSSR count). The normalized spacial score (nSPS) is 10.2. The third-order valence-electron chi connectivity index (χ3n) is 2.77. The Labute approximate surface area is 126 Å². The van der Waals surface area contributed by atoms with Crippen LogP contribution in [0.2, 0.25) is 0 Å². The maximum atomic E-state index is 13.1. The third kappa shape index (κ3) is 3.88. The first-order valence-electron chi connectivity index (χ1n) is 6.05. The minimum absolute atomic E-state index is 0.111. The maximum Gasteiger partial charge on any atom is 0.129 e. The average Bonchev–Trinajstić information content (AvgIpc) is 2.43. The summed E-state index contributed by atoms with van der Waals surface area (Å²) in [6, 6.07) is 8.19. The van der Waals surface area contributed by atoms with Crippen molar-refractivity contribution >= 4 is 17.2 Å². The van der Waals surface area contributed by atoms with Gasteiger partial charge in [0.25, 0.3) is 0 Å². The maximum absolute atomic E-state index is 13.1. The minimum Gasteiger partial charge on any atom is -0.496 e. The first kappa shape index (κ1) is 15.2. The van der Waals surface area contributed by atoms with Crippen molar-refractivity contribution in [2.24, 2.45) is 5.73 Å². The average molecular weight is 309 g/mol. The summed E-state index contributed by atoms with van der Waals surface area (Å²) in [4.78, 5) is 0.200. The van der Waals surface area contributed by atoms with Gasteiger partial charge in [-0.05, 0) is 17.7 Å². The van der Waals surface area contributed by atoms with Crippen LogP contribution < -0.4 is 15.2 Å². The van der Waals surface area contributed by atoms with E-state index >= 15 is 0 Å². The van der Waals surface area contributed by atoms with Gasteiger partial charge in [-0.3, -0.25) is 0 Å². The largest absolute Gasteiger partial charge is 0.496 e. The quantitative estimate of drug-likeness (QED) is 0.862. The van der Waals surface area contributed by atoms with Crippen LogP contribution in [0.1, 0.15) is 11.1 Å². The molecule has 0 saturated heterocycles. The van der Waals surface area contributed by atoms with Gasteiger partial charge in [-0.15, -0.1) is 0 Å². The molecule has 0 bridgehead atoms. The summed E-state index contributed by atoms with van der Waals surface area (Å²) in [5.74, 6) is -0.713. The van der Waals surface area contributed by atoms with E-state index in [1.54, 1.807) is 18.2 Å². The summed E-state index contributed by atoms with van der Waals surface area (Å²) in [5, 5.41) is 0. The molecule has 2 aromatic rings. The molecule has 3 nitrogen and oxygen atoms in total. The van der Waals surface area contributed by atoms with Crippen molar-refractivity contribution in [3.05, 3.63) is 59.2 Å². The topological polar surface area (TPSA) is 44.5 Å². The number of halogens is 2. The van der Waals surface area contributed by atoms with Crippen molar-refractivity contribution in [2.45, 2.75) is 6.61 Å². The van der Waals surface area contributed by atoms with E-state index in [0.29, 0.717) is 11.3 Å². The van der Waals surface area contributed by atoms with E-state index in [4.69, 9.17) is 27.4 Å². The van der Waals surface area contributed by atoms with Crippen molar-refractivity contribution in [3.63, 3.8) is 0 Å². The van der Waals surface area contributed by atoms with Crippen LogP contribution in [0, 0.1) is 11.6 Å². The number of methoxy groups -OCH3 is 1. The highest BCUT2D eigenvalue weighted by Gasteiger charge is 2.08. The molecule has 0 fully saturated rings. The lowest BCUT2D eigenvalue weighted by Crippen LogP contribution is -2.12. The summed E-state index contributed by atoms with van der Waals surface area (Å²) >= 11 is 4.95. The molecule has 0 heterocycles.